The average molecular weight is 496 g/mol. The van der Waals surface area contributed by atoms with Crippen LogP contribution in [0.5, 0.6) is 5.75 Å². The van der Waals surface area contributed by atoms with E-state index in [-0.39, 0.29) is 32.2 Å². The van der Waals surface area contributed by atoms with Crippen molar-refractivity contribution in [2.75, 3.05) is 5.75 Å². The summed E-state index contributed by atoms with van der Waals surface area (Å²) in [7, 11) is -7.62. The van der Waals surface area contributed by atoms with Crippen LogP contribution in [0, 0.1) is 5.82 Å². The molecular weight excluding hydrogens is 481 g/mol. The maximum atomic E-state index is 13.0. The molecule has 1 aromatic heterocycles. The topological polar surface area (TPSA) is 104 Å². The van der Waals surface area contributed by atoms with E-state index in [4.69, 9.17) is 20.2 Å². The molecule has 0 atom stereocenters. The Morgan fingerprint density at radius 1 is 0.969 bits per heavy atom. The van der Waals surface area contributed by atoms with Crippen LogP contribution in [0.15, 0.2) is 74.9 Å². The summed E-state index contributed by atoms with van der Waals surface area (Å²) < 4.78 is 72.7. The minimum Gasteiger partial charge on any atom is -0.436 e. The van der Waals surface area contributed by atoms with Gasteiger partial charge in [0.2, 0.25) is 5.89 Å². The van der Waals surface area contributed by atoms with E-state index in [0.717, 1.165) is 24.3 Å². The summed E-state index contributed by atoms with van der Waals surface area (Å²) in [6.45, 7) is 1.55. The molecule has 4 rings (SSSR count). The van der Waals surface area contributed by atoms with Gasteiger partial charge >= 0.3 is 10.1 Å². The number of nitrogens with zero attached hydrogens (tertiary/aromatic N) is 1. The summed E-state index contributed by atoms with van der Waals surface area (Å²) in [5, 5.41) is -0.0234. The van der Waals surface area contributed by atoms with Crippen molar-refractivity contribution in [1.82, 2.24) is 4.98 Å². The first-order valence-corrected chi connectivity index (χ1v) is 12.7. The minimum atomic E-state index is -4.22. The first-order valence-electron chi connectivity index (χ1n) is 9.22. The third kappa shape index (κ3) is 4.34. The third-order valence-electron chi connectivity index (χ3n) is 4.58. The molecule has 1 heterocycles. The lowest BCUT2D eigenvalue weighted by molar-refractivity contribution is 0.486. The van der Waals surface area contributed by atoms with Gasteiger partial charge in [-0.15, -0.1) is 0 Å². The van der Waals surface area contributed by atoms with Gasteiger partial charge < -0.3 is 8.60 Å². The second kappa shape index (κ2) is 8.19. The lowest BCUT2D eigenvalue weighted by Crippen LogP contribution is -2.10. The highest BCUT2D eigenvalue weighted by molar-refractivity contribution is 7.91. The Labute approximate surface area is 188 Å². The first kappa shape index (κ1) is 22.3. The number of halogens is 2. The lowest BCUT2D eigenvalue weighted by atomic mass is 10.2. The third-order valence-corrected chi connectivity index (χ3v) is 7.85. The van der Waals surface area contributed by atoms with Crippen molar-refractivity contribution in [3.63, 3.8) is 0 Å². The average Bonchev–Trinajstić information content (AvgIpc) is 3.19. The van der Waals surface area contributed by atoms with E-state index in [0.29, 0.717) is 16.7 Å². The smallest absolute Gasteiger partial charge is 0.339 e. The largest absolute Gasteiger partial charge is 0.436 e. The fourth-order valence-electron chi connectivity index (χ4n) is 2.86. The quantitative estimate of drug-likeness (QED) is 0.352. The van der Waals surface area contributed by atoms with Gasteiger partial charge in [-0.25, -0.2) is 17.8 Å². The molecule has 0 aliphatic heterocycles. The van der Waals surface area contributed by atoms with Crippen LogP contribution in [0.1, 0.15) is 6.92 Å². The normalized spacial score (nSPS) is 12.2. The lowest BCUT2D eigenvalue weighted by Gasteiger charge is -2.09. The van der Waals surface area contributed by atoms with Crippen LogP contribution >= 0.6 is 11.6 Å². The van der Waals surface area contributed by atoms with Gasteiger partial charge in [0.1, 0.15) is 16.2 Å². The highest BCUT2D eigenvalue weighted by atomic mass is 35.5. The standard InChI is InChI=1S/C21H15ClFNO6S2/c1-2-31(25,26)16-8-10-20-18(12-16)24-21(29-20)13-3-9-19(17(22)11-13)30-32(27,28)15-6-4-14(23)5-7-15/h3-12H,2H2,1H3. The SMILES string of the molecule is CCS(=O)(=O)c1ccc2oc(-c3ccc(OS(=O)(=O)c4ccc(F)cc4)c(Cl)c3)nc2c1. The molecule has 0 amide bonds. The second-order valence-corrected chi connectivity index (χ2v) is 10.9. The molecule has 0 radical (unpaired) electrons. The van der Waals surface area contributed by atoms with Crippen LogP contribution in [0.3, 0.4) is 0 Å². The monoisotopic (exact) mass is 495 g/mol. The van der Waals surface area contributed by atoms with E-state index >= 15 is 0 Å². The van der Waals surface area contributed by atoms with E-state index in [1.54, 1.807) is 6.92 Å². The fourth-order valence-corrected chi connectivity index (χ4v) is 4.97. The molecular formula is C21H15ClFNO6S2. The van der Waals surface area contributed by atoms with Crippen molar-refractivity contribution in [2.24, 2.45) is 0 Å². The fraction of sp³-hybridized carbons (Fsp3) is 0.0952. The van der Waals surface area contributed by atoms with Crippen LogP contribution in [0.25, 0.3) is 22.6 Å². The summed E-state index contributed by atoms with van der Waals surface area (Å²) in [5.41, 5.74) is 1.16. The highest BCUT2D eigenvalue weighted by Crippen LogP contribution is 2.33. The van der Waals surface area contributed by atoms with Crippen molar-refractivity contribution < 1.29 is 29.8 Å². The summed E-state index contributed by atoms with van der Waals surface area (Å²) in [6.07, 6.45) is 0. The first-order chi connectivity index (χ1) is 15.1. The Hall–Kier alpha value is -2.95. The molecule has 0 unspecified atom stereocenters. The number of hydrogen-bond donors (Lipinski definition) is 0. The van der Waals surface area contributed by atoms with Crippen LogP contribution in [-0.4, -0.2) is 27.6 Å². The molecule has 0 bridgehead atoms. The molecule has 0 saturated heterocycles. The maximum absolute atomic E-state index is 13.0. The van der Waals surface area contributed by atoms with Crippen molar-refractivity contribution in [1.29, 1.82) is 0 Å². The Kier molecular flexibility index (Phi) is 5.70. The molecule has 11 heteroatoms. The molecule has 0 fully saturated rings. The van der Waals surface area contributed by atoms with Gasteiger partial charge in [0.05, 0.1) is 15.7 Å². The van der Waals surface area contributed by atoms with Gasteiger partial charge in [0.25, 0.3) is 0 Å². The van der Waals surface area contributed by atoms with E-state index in [1.807, 2.05) is 0 Å². The van der Waals surface area contributed by atoms with Crippen LogP contribution in [-0.2, 0) is 20.0 Å². The number of aromatic nitrogens is 1. The van der Waals surface area contributed by atoms with Crippen molar-refractivity contribution >= 4 is 42.7 Å². The highest BCUT2D eigenvalue weighted by Gasteiger charge is 2.20. The molecule has 0 N–H and O–H groups in total. The zero-order valence-electron chi connectivity index (χ0n) is 16.4. The molecule has 7 nitrogen and oxygen atoms in total. The summed E-state index contributed by atoms with van der Waals surface area (Å²) >= 11 is 6.20. The summed E-state index contributed by atoms with van der Waals surface area (Å²) in [6, 6.07) is 12.8. The summed E-state index contributed by atoms with van der Waals surface area (Å²) in [4.78, 5) is 4.22. The zero-order valence-corrected chi connectivity index (χ0v) is 18.8. The maximum Gasteiger partial charge on any atom is 0.339 e. The number of fused-ring (bicyclic) bond motifs is 1. The second-order valence-electron chi connectivity index (χ2n) is 6.69. The number of oxazole rings is 1. The predicted octanol–water partition coefficient (Wildman–Crippen LogP) is 4.85. The van der Waals surface area contributed by atoms with Gasteiger partial charge in [-0.1, -0.05) is 18.5 Å². The van der Waals surface area contributed by atoms with Crippen LogP contribution in [0.4, 0.5) is 4.39 Å². The molecule has 0 saturated carbocycles. The Bertz CT molecular complexity index is 1530. The van der Waals surface area contributed by atoms with E-state index in [9.17, 15) is 21.2 Å². The number of hydrogen-bond acceptors (Lipinski definition) is 7. The Morgan fingerprint density at radius 2 is 1.66 bits per heavy atom. The van der Waals surface area contributed by atoms with Gasteiger partial charge in [-0.2, -0.15) is 8.42 Å². The predicted molar refractivity (Wildman–Crippen MR) is 116 cm³/mol. The summed E-state index contributed by atoms with van der Waals surface area (Å²) in [5.74, 6) is -0.585. The Balaban J connectivity index is 1.64. The molecule has 0 spiro atoms. The molecule has 4 aromatic rings. The van der Waals surface area contributed by atoms with Crippen molar-refractivity contribution in [3.05, 3.63) is 71.5 Å². The molecule has 166 valence electrons. The van der Waals surface area contributed by atoms with E-state index in [1.165, 1.54) is 36.4 Å². The van der Waals surface area contributed by atoms with Crippen molar-refractivity contribution in [3.8, 4) is 17.2 Å². The zero-order chi connectivity index (χ0) is 23.1. The van der Waals surface area contributed by atoms with Gasteiger partial charge in [-0.05, 0) is 60.7 Å². The number of sulfone groups is 1. The van der Waals surface area contributed by atoms with Crippen LogP contribution < -0.4 is 4.18 Å². The van der Waals surface area contributed by atoms with Crippen LogP contribution in [0.2, 0.25) is 5.02 Å². The van der Waals surface area contributed by atoms with Crippen molar-refractivity contribution in [2.45, 2.75) is 16.7 Å². The Morgan fingerprint density at radius 3 is 2.31 bits per heavy atom. The molecule has 32 heavy (non-hydrogen) atoms. The molecule has 0 aliphatic rings. The minimum absolute atomic E-state index is 0.0234. The number of rotatable bonds is 6. The molecule has 0 aliphatic carbocycles. The molecule has 3 aromatic carbocycles. The van der Waals surface area contributed by atoms with Gasteiger partial charge in [0, 0.05) is 5.56 Å². The van der Waals surface area contributed by atoms with E-state index in [2.05, 4.69) is 4.98 Å². The van der Waals surface area contributed by atoms with Gasteiger partial charge in [0.15, 0.2) is 21.2 Å². The number of benzene rings is 3. The van der Waals surface area contributed by atoms with E-state index < -0.39 is 25.8 Å². The van der Waals surface area contributed by atoms with Gasteiger partial charge in [-0.3, -0.25) is 0 Å².